The molecule has 1 aliphatic rings. The molecule has 1 fully saturated rings. The number of amides is 1. The number of carbonyl (C=O) groups is 1. The van der Waals surface area contributed by atoms with Crippen LogP contribution < -0.4 is 10.7 Å². The molecule has 0 radical (unpaired) electrons. The highest BCUT2D eigenvalue weighted by Gasteiger charge is 2.31. The molecule has 2 rings (SSSR count). The van der Waals surface area contributed by atoms with E-state index in [-0.39, 0.29) is 28.9 Å². The van der Waals surface area contributed by atoms with Crippen molar-refractivity contribution >= 4 is 5.91 Å². The molecule has 1 aromatic heterocycles. The van der Waals surface area contributed by atoms with Crippen molar-refractivity contribution in [3.63, 3.8) is 0 Å². The molecular formula is C15H22N2O3. The summed E-state index contributed by atoms with van der Waals surface area (Å²) in [7, 11) is 0. The average molecular weight is 278 g/mol. The Morgan fingerprint density at radius 3 is 2.70 bits per heavy atom. The molecule has 0 unspecified atom stereocenters. The van der Waals surface area contributed by atoms with Crippen LogP contribution in [0.2, 0.25) is 0 Å². The van der Waals surface area contributed by atoms with Crippen molar-refractivity contribution in [3.8, 4) is 0 Å². The summed E-state index contributed by atoms with van der Waals surface area (Å²) < 4.78 is 0. The maximum absolute atomic E-state index is 12.1. The SMILES string of the molecule is Cc1cc(=O)c(C(=O)NCC2(CO)CCCCC2)c[nH]1. The third kappa shape index (κ3) is 3.28. The average Bonchev–Trinajstić information content (AvgIpc) is 2.46. The number of pyridine rings is 1. The summed E-state index contributed by atoms with van der Waals surface area (Å²) in [6.45, 7) is 2.28. The van der Waals surface area contributed by atoms with E-state index in [1.54, 1.807) is 6.92 Å². The van der Waals surface area contributed by atoms with Gasteiger partial charge < -0.3 is 15.4 Å². The molecular weight excluding hydrogens is 256 g/mol. The molecule has 0 aromatic carbocycles. The maximum Gasteiger partial charge on any atom is 0.256 e. The molecule has 1 aromatic rings. The van der Waals surface area contributed by atoms with E-state index in [0.717, 1.165) is 31.4 Å². The number of aromatic nitrogens is 1. The molecule has 5 heteroatoms. The number of hydrogen-bond donors (Lipinski definition) is 3. The monoisotopic (exact) mass is 278 g/mol. The van der Waals surface area contributed by atoms with Crippen LogP contribution in [0.15, 0.2) is 17.1 Å². The minimum Gasteiger partial charge on any atom is -0.396 e. The predicted octanol–water partition coefficient (Wildman–Crippen LogP) is 1.36. The Hall–Kier alpha value is -1.62. The highest BCUT2D eigenvalue weighted by Crippen LogP contribution is 2.35. The van der Waals surface area contributed by atoms with E-state index in [1.165, 1.54) is 18.7 Å². The molecule has 1 saturated carbocycles. The van der Waals surface area contributed by atoms with Crippen LogP contribution in [0.1, 0.15) is 48.2 Å². The Balaban J connectivity index is 2.02. The van der Waals surface area contributed by atoms with Gasteiger partial charge in [-0.05, 0) is 19.8 Å². The normalized spacial score (nSPS) is 17.7. The van der Waals surface area contributed by atoms with Crippen LogP contribution in [0.5, 0.6) is 0 Å². The summed E-state index contributed by atoms with van der Waals surface area (Å²) in [5.41, 5.74) is 0.358. The standard InChI is InChI=1S/C15H22N2O3/c1-11-7-13(19)12(8-16-11)14(20)17-9-15(10-18)5-3-2-4-6-15/h7-8,18H,2-6,9-10H2,1H3,(H,16,19)(H,17,20). The zero-order chi connectivity index (χ0) is 14.6. The maximum atomic E-state index is 12.1. The van der Waals surface area contributed by atoms with Crippen molar-refractivity contribution in [1.29, 1.82) is 0 Å². The van der Waals surface area contributed by atoms with Crippen LogP contribution in [-0.2, 0) is 0 Å². The van der Waals surface area contributed by atoms with Gasteiger partial charge in [-0.2, -0.15) is 0 Å². The van der Waals surface area contributed by atoms with Gasteiger partial charge in [-0.25, -0.2) is 0 Å². The molecule has 20 heavy (non-hydrogen) atoms. The van der Waals surface area contributed by atoms with E-state index in [9.17, 15) is 14.7 Å². The molecule has 3 N–H and O–H groups in total. The second-order valence-electron chi connectivity index (χ2n) is 5.80. The molecule has 1 amide bonds. The first-order valence-electron chi connectivity index (χ1n) is 7.15. The van der Waals surface area contributed by atoms with E-state index >= 15 is 0 Å². The summed E-state index contributed by atoms with van der Waals surface area (Å²) in [5.74, 6) is -0.371. The molecule has 0 saturated heterocycles. The highest BCUT2D eigenvalue weighted by molar-refractivity contribution is 5.93. The fourth-order valence-electron chi connectivity index (χ4n) is 2.81. The van der Waals surface area contributed by atoms with Crippen molar-refractivity contribution in [1.82, 2.24) is 10.3 Å². The Kier molecular flexibility index (Phi) is 4.60. The van der Waals surface area contributed by atoms with Crippen LogP contribution in [0.25, 0.3) is 0 Å². The molecule has 0 aliphatic heterocycles. The number of H-pyrrole nitrogens is 1. The molecule has 110 valence electrons. The molecule has 0 atom stereocenters. The van der Waals surface area contributed by atoms with Gasteiger partial charge in [0.1, 0.15) is 5.56 Å². The second-order valence-corrected chi connectivity index (χ2v) is 5.80. The number of hydrogen-bond acceptors (Lipinski definition) is 3. The van der Waals surface area contributed by atoms with Crippen LogP contribution in [-0.4, -0.2) is 29.1 Å². The largest absolute Gasteiger partial charge is 0.396 e. The number of aliphatic hydroxyl groups excluding tert-OH is 1. The van der Waals surface area contributed by atoms with Crippen molar-refractivity contribution < 1.29 is 9.90 Å². The van der Waals surface area contributed by atoms with Gasteiger partial charge in [0.2, 0.25) is 0 Å². The van der Waals surface area contributed by atoms with Crippen molar-refractivity contribution in [3.05, 3.63) is 33.7 Å². The van der Waals surface area contributed by atoms with E-state index in [0.29, 0.717) is 6.54 Å². The first-order valence-corrected chi connectivity index (χ1v) is 7.15. The summed E-state index contributed by atoms with van der Waals surface area (Å²) in [6, 6.07) is 1.41. The lowest BCUT2D eigenvalue weighted by Crippen LogP contribution is -2.42. The van der Waals surface area contributed by atoms with Crippen LogP contribution >= 0.6 is 0 Å². The number of nitrogens with one attached hydrogen (secondary N) is 2. The number of rotatable bonds is 4. The van der Waals surface area contributed by atoms with E-state index < -0.39 is 0 Å². The number of carbonyl (C=O) groups excluding carboxylic acids is 1. The lowest BCUT2D eigenvalue weighted by Gasteiger charge is -2.35. The van der Waals surface area contributed by atoms with Crippen molar-refractivity contribution in [2.24, 2.45) is 5.41 Å². The fraction of sp³-hybridized carbons (Fsp3) is 0.600. The number of aryl methyl sites for hydroxylation is 1. The number of aliphatic hydroxyl groups is 1. The number of aromatic amines is 1. The molecule has 1 heterocycles. The first kappa shape index (κ1) is 14.8. The summed E-state index contributed by atoms with van der Waals surface area (Å²) in [5, 5.41) is 12.4. The molecule has 1 aliphatic carbocycles. The fourth-order valence-corrected chi connectivity index (χ4v) is 2.81. The van der Waals surface area contributed by atoms with E-state index in [1.807, 2.05) is 0 Å². The van der Waals surface area contributed by atoms with Gasteiger partial charge >= 0.3 is 0 Å². The summed E-state index contributed by atoms with van der Waals surface area (Å²) in [4.78, 5) is 26.7. The lowest BCUT2D eigenvalue weighted by molar-refractivity contribution is 0.0717. The van der Waals surface area contributed by atoms with Crippen LogP contribution in [0, 0.1) is 12.3 Å². The molecule has 5 nitrogen and oxygen atoms in total. The van der Waals surface area contributed by atoms with Gasteiger partial charge in [0.15, 0.2) is 5.43 Å². The lowest BCUT2D eigenvalue weighted by atomic mass is 9.74. The highest BCUT2D eigenvalue weighted by atomic mass is 16.3. The van der Waals surface area contributed by atoms with Gasteiger partial charge in [-0.1, -0.05) is 19.3 Å². The zero-order valence-corrected chi connectivity index (χ0v) is 11.9. The topological polar surface area (TPSA) is 82.2 Å². The Morgan fingerprint density at radius 1 is 1.40 bits per heavy atom. The van der Waals surface area contributed by atoms with Crippen molar-refractivity contribution in [2.45, 2.75) is 39.0 Å². The molecule has 0 bridgehead atoms. The van der Waals surface area contributed by atoms with E-state index in [2.05, 4.69) is 10.3 Å². The minimum atomic E-state index is -0.371. The Bertz CT molecular complexity index is 530. The van der Waals surface area contributed by atoms with E-state index in [4.69, 9.17) is 0 Å². The quantitative estimate of drug-likeness (QED) is 0.777. The van der Waals surface area contributed by atoms with Crippen molar-refractivity contribution in [2.75, 3.05) is 13.2 Å². The predicted molar refractivity (Wildman–Crippen MR) is 76.7 cm³/mol. The minimum absolute atomic E-state index is 0.0809. The van der Waals surface area contributed by atoms with Gasteiger partial charge in [0.25, 0.3) is 5.91 Å². The molecule has 0 spiro atoms. The van der Waals surface area contributed by atoms with Gasteiger partial charge in [0.05, 0.1) is 6.61 Å². The van der Waals surface area contributed by atoms with Crippen LogP contribution in [0.4, 0.5) is 0 Å². The third-order valence-electron chi connectivity index (χ3n) is 4.18. The summed E-state index contributed by atoms with van der Waals surface area (Å²) in [6.07, 6.45) is 6.65. The zero-order valence-electron chi connectivity index (χ0n) is 11.9. The third-order valence-corrected chi connectivity index (χ3v) is 4.18. The smallest absolute Gasteiger partial charge is 0.256 e. The second kappa shape index (κ2) is 6.22. The van der Waals surface area contributed by atoms with Gasteiger partial charge in [-0.15, -0.1) is 0 Å². The van der Waals surface area contributed by atoms with Gasteiger partial charge in [-0.3, -0.25) is 9.59 Å². The Labute approximate surface area is 118 Å². The Morgan fingerprint density at radius 2 is 2.10 bits per heavy atom. The van der Waals surface area contributed by atoms with Gasteiger partial charge in [0, 0.05) is 29.9 Å². The first-order chi connectivity index (χ1) is 9.56. The summed E-state index contributed by atoms with van der Waals surface area (Å²) >= 11 is 0. The van der Waals surface area contributed by atoms with Crippen LogP contribution in [0.3, 0.4) is 0 Å².